The SMILES string of the molecule is Cn1cc(-c2cc(N3CCCS3(=O)=O)ccc2Oc2ccc(CCC3CCN(c4ccc(C(=O)NC5CCC(Oc6ccc(C#N)c(Cl)c6)CC5)nn4)CC3)cc2)c2cc[nH]c2c1=O. The first kappa shape index (κ1) is 42.9. The van der Waals surface area contributed by atoms with Gasteiger partial charge in [0.2, 0.25) is 10.0 Å². The number of H-pyrrole nitrogens is 1. The number of piperidine rings is 1. The smallest absolute Gasteiger partial charge is 0.274 e. The highest BCUT2D eigenvalue weighted by molar-refractivity contribution is 7.93. The van der Waals surface area contributed by atoms with Gasteiger partial charge in [0.05, 0.1) is 28.1 Å². The van der Waals surface area contributed by atoms with Crippen LogP contribution in [-0.4, -0.2) is 71.6 Å². The molecule has 3 fully saturated rings. The fourth-order valence-corrected chi connectivity index (χ4v) is 10.9. The van der Waals surface area contributed by atoms with Crippen LogP contribution in [0.5, 0.6) is 17.2 Å². The Morgan fingerprint density at radius 3 is 2.41 bits per heavy atom. The molecule has 2 saturated heterocycles. The molecule has 0 bridgehead atoms. The Morgan fingerprint density at radius 2 is 1.70 bits per heavy atom. The van der Waals surface area contributed by atoms with Gasteiger partial charge in [0.25, 0.3) is 11.5 Å². The summed E-state index contributed by atoms with van der Waals surface area (Å²) in [6.45, 7) is 2.15. The van der Waals surface area contributed by atoms with Crippen molar-refractivity contribution in [1.29, 1.82) is 5.26 Å². The van der Waals surface area contributed by atoms with E-state index >= 15 is 0 Å². The number of nitrogens with zero attached hydrogens (tertiary/aromatic N) is 6. The van der Waals surface area contributed by atoms with Crippen LogP contribution in [0.25, 0.3) is 22.0 Å². The number of carbonyl (C=O) groups excluding carboxylic acids is 1. The van der Waals surface area contributed by atoms with E-state index in [-0.39, 0.29) is 29.4 Å². The third kappa shape index (κ3) is 9.30. The Kier molecular flexibility index (Phi) is 12.3. The van der Waals surface area contributed by atoms with Crippen molar-refractivity contribution in [2.45, 2.75) is 69.9 Å². The second-order valence-corrected chi connectivity index (χ2v) is 19.4. The molecule has 5 heterocycles. The van der Waals surface area contributed by atoms with Crippen molar-refractivity contribution in [1.82, 2.24) is 25.1 Å². The lowest BCUT2D eigenvalue weighted by molar-refractivity contribution is 0.0888. The average Bonchev–Trinajstić information content (AvgIpc) is 3.95. The second kappa shape index (κ2) is 18.4. The van der Waals surface area contributed by atoms with Crippen LogP contribution in [0.2, 0.25) is 5.02 Å². The van der Waals surface area contributed by atoms with Crippen LogP contribution in [0.4, 0.5) is 11.5 Å². The molecule has 3 aliphatic rings. The number of fused-ring (bicyclic) bond motifs is 1. The maximum Gasteiger partial charge on any atom is 0.274 e. The van der Waals surface area contributed by atoms with Crippen LogP contribution in [0, 0.1) is 17.2 Å². The maximum absolute atomic E-state index is 13.1. The third-order valence-electron chi connectivity index (χ3n) is 12.7. The van der Waals surface area contributed by atoms with Gasteiger partial charge in [-0.3, -0.25) is 13.9 Å². The highest BCUT2D eigenvalue weighted by Crippen LogP contribution is 2.40. The molecule has 14 nitrogen and oxygen atoms in total. The summed E-state index contributed by atoms with van der Waals surface area (Å²) in [6, 6.07) is 26.2. The molecule has 0 unspecified atom stereocenters. The van der Waals surface area contributed by atoms with Gasteiger partial charge in [-0.1, -0.05) is 23.7 Å². The zero-order chi connectivity index (χ0) is 44.4. The molecule has 3 aromatic heterocycles. The van der Waals surface area contributed by atoms with E-state index in [1.807, 2.05) is 36.4 Å². The molecule has 2 N–H and O–H groups in total. The van der Waals surface area contributed by atoms with Crippen molar-refractivity contribution in [3.63, 3.8) is 0 Å². The minimum Gasteiger partial charge on any atom is -0.490 e. The van der Waals surface area contributed by atoms with Crippen LogP contribution in [0.1, 0.15) is 73.0 Å². The van der Waals surface area contributed by atoms with E-state index in [0.717, 1.165) is 81.2 Å². The van der Waals surface area contributed by atoms with Crippen molar-refractivity contribution in [2.75, 3.05) is 34.6 Å². The number of aromatic amines is 1. The number of benzene rings is 3. The highest BCUT2D eigenvalue weighted by atomic mass is 35.5. The standard InChI is InChI=1S/C48H49ClN8O6S/c1-55-30-41(39-19-22-51-46(39)48(55)59)40-27-35(57-23-2-26-64(57,60)61)10-17-44(40)63-37-11-5-31(6-12-37)3-4-32-20-24-56(25-21-32)45-18-16-43(53-54-45)47(58)52-34-8-14-36(15-9-34)62-38-13-7-33(29-50)42(49)28-38/h5-7,10-13,16-19,22,27-28,30,32,34,36,51H,2-4,8-9,14-15,20-21,23-26H2,1H3,(H,52,58). The first-order valence-electron chi connectivity index (χ1n) is 21.9. The number of sulfonamides is 1. The fourth-order valence-electron chi connectivity index (χ4n) is 9.11. The maximum atomic E-state index is 13.1. The predicted octanol–water partition coefficient (Wildman–Crippen LogP) is 8.15. The van der Waals surface area contributed by atoms with E-state index in [9.17, 15) is 18.0 Å². The number of halogens is 1. The van der Waals surface area contributed by atoms with Crippen LogP contribution >= 0.6 is 11.6 Å². The topological polar surface area (TPSA) is 176 Å². The number of rotatable bonds is 12. The Hall–Kier alpha value is -6.37. The Bertz CT molecular complexity index is 2880. The molecule has 330 valence electrons. The molecule has 1 saturated carbocycles. The molecular weight excluding hydrogens is 852 g/mol. The van der Waals surface area contributed by atoms with Gasteiger partial charge in [-0.2, -0.15) is 5.26 Å². The average molecular weight is 901 g/mol. The van der Waals surface area contributed by atoms with E-state index in [4.69, 9.17) is 26.3 Å². The number of ether oxygens (including phenoxy) is 2. The number of nitriles is 1. The van der Waals surface area contributed by atoms with Crippen molar-refractivity contribution >= 4 is 49.9 Å². The van der Waals surface area contributed by atoms with Crippen molar-refractivity contribution in [2.24, 2.45) is 13.0 Å². The van der Waals surface area contributed by atoms with Crippen LogP contribution in [-0.2, 0) is 23.5 Å². The van der Waals surface area contributed by atoms with Gasteiger partial charge in [-0.05, 0) is 130 Å². The summed E-state index contributed by atoms with van der Waals surface area (Å²) in [5.74, 6) is 3.08. The highest BCUT2D eigenvalue weighted by Gasteiger charge is 2.30. The van der Waals surface area contributed by atoms with E-state index in [1.165, 1.54) is 14.4 Å². The number of amides is 1. The summed E-state index contributed by atoms with van der Waals surface area (Å²) >= 11 is 6.16. The van der Waals surface area contributed by atoms with Gasteiger partial charge < -0.3 is 29.2 Å². The number of carbonyl (C=O) groups is 1. The van der Waals surface area contributed by atoms with Crippen LogP contribution < -0.4 is 29.6 Å². The number of hydrogen-bond donors (Lipinski definition) is 2. The van der Waals surface area contributed by atoms with Gasteiger partial charge in [0, 0.05) is 67.7 Å². The predicted molar refractivity (Wildman–Crippen MR) is 247 cm³/mol. The summed E-state index contributed by atoms with van der Waals surface area (Å²) in [7, 11) is -1.71. The summed E-state index contributed by atoms with van der Waals surface area (Å²) in [5, 5.41) is 22.0. The van der Waals surface area contributed by atoms with Crippen molar-refractivity contribution < 1.29 is 22.7 Å². The lowest BCUT2D eigenvalue weighted by Crippen LogP contribution is -2.40. The molecule has 16 heteroatoms. The first-order valence-corrected chi connectivity index (χ1v) is 23.8. The molecule has 2 aliphatic heterocycles. The molecule has 1 aliphatic carbocycles. The van der Waals surface area contributed by atoms with Crippen molar-refractivity contribution in [3.05, 3.63) is 123 Å². The Balaban J connectivity index is 0.756. The summed E-state index contributed by atoms with van der Waals surface area (Å²) in [5.41, 5.74) is 4.26. The minimum absolute atomic E-state index is 0.0182. The Labute approximate surface area is 376 Å². The number of hydrogen-bond acceptors (Lipinski definition) is 10. The van der Waals surface area contributed by atoms with E-state index in [2.05, 4.69) is 43.6 Å². The molecule has 0 spiro atoms. The number of aromatic nitrogens is 4. The zero-order valence-corrected chi connectivity index (χ0v) is 37.1. The van der Waals surface area contributed by atoms with E-state index < -0.39 is 10.0 Å². The van der Waals surface area contributed by atoms with Gasteiger partial charge in [0.1, 0.15) is 28.8 Å². The zero-order valence-electron chi connectivity index (χ0n) is 35.5. The molecule has 64 heavy (non-hydrogen) atoms. The number of nitrogens with one attached hydrogen (secondary N) is 2. The van der Waals surface area contributed by atoms with E-state index in [0.29, 0.717) is 69.2 Å². The molecule has 9 rings (SSSR count). The Morgan fingerprint density at radius 1 is 0.922 bits per heavy atom. The molecule has 1 amide bonds. The largest absolute Gasteiger partial charge is 0.490 e. The fraction of sp³-hybridized carbons (Fsp3) is 0.354. The monoisotopic (exact) mass is 900 g/mol. The first-order chi connectivity index (χ1) is 31.0. The summed E-state index contributed by atoms with van der Waals surface area (Å²) in [4.78, 5) is 31.2. The van der Waals surface area contributed by atoms with E-state index in [1.54, 1.807) is 49.8 Å². The lowest BCUT2D eigenvalue weighted by atomic mass is 9.90. The van der Waals surface area contributed by atoms with Crippen molar-refractivity contribution in [3.8, 4) is 34.4 Å². The van der Waals surface area contributed by atoms with Gasteiger partial charge in [0.15, 0.2) is 11.5 Å². The second-order valence-electron chi connectivity index (χ2n) is 17.0. The molecule has 3 aromatic carbocycles. The molecular formula is C48H49ClN8O6S. The lowest BCUT2D eigenvalue weighted by Gasteiger charge is -2.32. The summed E-state index contributed by atoms with van der Waals surface area (Å²) in [6.07, 6.45) is 11.3. The van der Waals surface area contributed by atoms with Gasteiger partial charge in [-0.25, -0.2) is 8.42 Å². The number of anilines is 2. The molecule has 0 radical (unpaired) electrons. The molecule has 6 aromatic rings. The van der Waals surface area contributed by atoms with Gasteiger partial charge >= 0.3 is 0 Å². The number of aryl methyl sites for hydroxylation is 2. The quantitative estimate of drug-likeness (QED) is 0.122. The summed E-state index contributed by atoms with van der Waals surface area (Å²) < 4.78 is 41.3. The van der Waals surface area contributed by atoms with Crippen LogP contribution in [0.15, 0.2) is 96.1 Å². The molecule has 0 atom stereocenters. The normalized spacial score (nSPS) is 18.8. The minimum atomic E-state index is -3.41. The van der Waals surface area contributed by atoms with Crippen LogP contribution in [0.3, 0.4) is 0 Å². The third-order valence-corrected chi connectivity index (χ3v) is 14.9. The number of pyridine rings is 1. The van der Waals surface area contributed by atoms with Gasteiger partial charge in [-0.15, -0.1) is 10.2 Å².